The van der Waals surface area contributed by atoms with Crippen LogP contribution >= 0.6 is 0 Å². The summed E-state index contributed by atoms with van der Waals surface area (Å²) in [6.07, 6.45) is 4.86. The molecule has 0 aliphatic rings. The minimum absolute atomic E-state index is 0.437. The lowest BCUT2D eigenvalue weighted by Gasteiger charge is -2.18. The van der Waals surface area contributed by atoms with E-state index < -0.39 is 0 Å². The Morgan fingerprint density at radius 3 is 2.65 bits per heavy atom. The second-order valence-electron chi connectivity index (χ2n) is 5.03. The maximum atomic E-state index is 5.93. The lowest BCUT2D eigenvalue weighted by atomic mass is 9.99. The second-order valence-corrected chi connectivity index (χ2v) is 5.03. The van der Waals surface area contributed by atoms with Gasteiger partial charge in [0.15, 0.2) is 0 Å². The number of nitrogens with one attached hydrogen (secondary N) is 1. The molecule has 1 heterocycles. The summed E-state index contributed by atoms with van der Waals surface area (Å²) in [6, 6.07) is 15.1. The third kappa shape index (κ3) is 4.35. The van der Waals surface area contributed by atoms with Crippen molar-refractivity contribution in [3.63, 3.8) is 0 Å². The van der Waals surface area contributed by atoms with Crippen LogP contribution in [-0.2, 0) is 12.8 Å². The summed E-state index contributed by atoms with van der Waals surface area (Å²) in [4.78, 5) is 4.16. The average molecular weight is 269 g/mol. The summed E-state index contributed by atoms with van der Waals surface area (Å²) >= 11 is 0. The number of anilines is 1. The highest BCUT2D eigenvalue weighted by Gasteiger charge is 2.10. The van der Waals surface area contributed by atoms with Gasteiger partial charge in [0.25, 0.3) is 0 Å². The van der Waals surface area contributed by atoms with E-state index in [1.54, 1.807) is 6.20 Å². The average Bonchev–Trinajstić information content (AvgIpc) is 2.48. The molecule has 20 heavy (non-hydrogen) atoms. The molecular formula is C17H23N3. The van der Waals surface area contributed by atoms with Gasteiger partial charge in [-0.05, 0) is 43.0 Å². The Kier molecular flexibility index (Phi) is 5.56. The van der Waals surface area contributed by atoms with Crippen LogP contribution in [0, 0.1) is 0 Å². The quantitative estimate of drug-likeness (QED) is 0.812. The SMILES string of the molecule is CCNC(CCc1ccccc1)Cc1cccnc1N. The van der Waals surface area contributed by atoms with E-state index >= 15 is 0 Å². The van der Waals surface area contributed by atoms with Crippen molar-refractivity contribution < 1.29 is 0 Å². The minimum atomic E-state index is 0.437. The van der Waals surface area contributed by atoms with E-state index in [2.05, 4.69) is 53.6 Å². The van der Waals surface area contributed by atoms with Crippen LogP contribution in [0.15, 0.2) is 48.7 Å². The third-order valence-electron chi connectivity index (χ3n) is 3.51. The van der Waals surface area contributed by atoms with Crippen LogP contribution in [0.5, 0.6) is 0 Å². The predicted octanol–water partition coefficient (Wildman–Crippen LogP) is 2.82. The maximum Gasteiger partial charge on any atom is 0.126 e. The molecule has 0 aliphatic carbocycles. The number of hydrogen-bond acceptors (Lipinski definition) is 3. The molecule has 1 aromatic heterocycles. The highest BCUT2D eigenvalue weighted by Crippen LogP contribution is 2.13. The third-order valence-corrected chi connectivity index (χ3v) is 3.51. The fraction of sp³-hybridized carbons (Fsp3) is 0.353. The van der Waals surface area contributed by atoms with Gasteiger partial charge in [0.2, 0.25) is 0 Å². The Morgan fingerprint density at radius 1 is 1.15 bits per heavy atom. The first-order chi connectivity index (χ1) is 9.79. The fourth-order valence-electron chi connectivity index (χ4n) is 2.44. The number of aromatic nitrogens is 1. The molecule has 2 rings (SSSR count). The largest absolute Gasteiger partial charge is 0.383 e. The number of benzene rings is 1. The minimum Gasteiger partial charge on any atom is -0.383 e. The van der Waals surface area contributed by atoms with Crippen molar-refractivity contribution in [1.29, 1.82) is 0 Å². The van der Waals surface area contributed by atoms with Crippen LogP contribution in [-0.4, -0.2) is 17.6 Å². The first kappa shape index (κ1) is 14.5. The van der Waals surface area contributed by atoms with Crippen molar-refractivity contribution in [2.45, 2.75) is 32.2 Å². The molecule has 0 saturated carbocycles. The summed E-state index contributed by atoms with van der Waals surface area (Å²) in [5.41, 5.74) is 8.45. The van der Waals surface area contributed by atoms with Crippen LogP contribution < -0.4 is 11.1 Å². The molecule has 0 spiro atoms. The number of hydrogen-bond donors (Lipinski definition) is 2. The monoisotopic (exact) mass is 269 g/mol. The van der Waals surface area contributed by atoms with Crippen molar-refractivity contribution in [2.75, 3.05) is 12.3 Å². The van der Waals surface area contributed by atoms with E-state index in [9.17, 15) is 0 Å². The first-order valence-corrected chi connectivity index (χ1v) is 7.26. The van der Waals surface area contributed by atoms with E-state index in [1.165, 1.54) is 5.56 Å². The van der Waals surface area contributed by atoms with Gasteiger partial charge in [-0.25, -0.2) is 4.98 Å². The molecular weight excluding hydrogens is 246 g/mol. The molecule has 106 valence electrons. The van der Waals surface area contributed by atoms with Crippen LogP contribution in [0.1, 0.15) is 24.5 Å². The van der Waals surface area contributed by atoms with Gasteiger partial charge >= 0.3 is 0 Å². The summed E-state index contributed by atoms with van der Waals surface area (Å²) in [6.45, 7) is 3.11. The second kappa shape index (κ2) is 7.65. The Morgan fingerprint density at radius 2 is 1.95 bits per heavy atom. The molecule has 2 aromatic rings. The molecule has 1 aromatic carbocycles. The Bertz CT molecular complexity index is 511. The summed E-state index contributed by atoms with van der Waals surface area (Å²) < 4.78 is 0. The summed E-state index contributed by atoms with van der Waals surface area (Å²) in [5.74, 6) is 0.648. The standard InChI is InChI=1S/C17H23N3/c1-2-19-16(11-10-14-7-4-3-5-8-14)13-15-9-6-12-20-17(15)18/h3-9,12,16,19H,2,10-11,13H2,1H3,(H2,18,20). The molecule has 0 radical (unpaired) electrons. The van der Waals surface area contributed by atoms with Gasteiger partial charge in [0.05, 0.1) is 0 Å². The highest BCUT2D eigenvalue weighted by molar-refractivity contribution is 5.38. The molecule has 3 heteroatoms. The zero-order valence-electron chi connectivity index (χ0n) is 12.0. The Balaban J connectivity index is 1.95. The topological polar surface area (TPSA) is 50.9 Å². The molecule has 3 nitrogen and oxygen atoms in total. The van der Waals surface area contributed by atoms with Crippen molar-refractivity contribution in [3.05, 3.63) is 59.8 Å². The molecule has 0 saturated heterocycles. The molecule has 0 aliphatic heterocycles. The molecule has 1 atom stereocenters. The Hall–Kier alpha value is -1.87. The number of pyridine rings is 1. The molecule has 0 fully saturated rings. The van der Waals surface area contributed by atoms with Gasteiger partial charge in [-0.2, -0.15) is 0 Å². The first-order valence-electron chi connectivity index (χ1n) is 7.26. The normalized spacial score (nSPS) is 12.2. The van der Waals surface area contributed by atoms with Gasteiger partial charge in [-0.15, -0.1) is 0 Å². The van der Waals surface area contributed by atoms with Crippen molar-refractivity contribution >= 4 is 5.82 Å². The van der Waals surface area contributed by atoms with Gasteiger partial charge < -0.3 is 11.1 Å². The van der Waals surface area contributed by atoms with E-state index in [-0.39, 0.29) is 0 Å². The molecule has 0 bridgehead atoms. The lowest BCUT2D eigenvalue weighted by Crippen LogP contribution is -2.31. The zero-order valence-corrected chi connectivity index (χ0v) is 12.0. The highest BCUT2D eigenvalue weighted by atomic mass is 14.9. The van der Waals surface area contributed by atoms with Crippen LogP contribution in [0.3, 0.4) is 0 Å². The summed E-state index contributed by atoms with van der Waals surface area (Å²) in [5, 5.41) is 3.55. The van der Waals surface area contributed by atoms with Gasteiger partial charge in [-0.1, -0.05) is 43.3 Å². The molecule has 3 N–H and O–H groups in total. The van der Waals surface area contributed by atoms with E-state index in [0.717, 1.165) is 31.4 Å². The van der Waals surface area contributed by atoms with Crippen LogP contribution in [0.25, 0.3) is 0 Å². The van der Waals surface area contributed by atoms with Crippen molar-refractivity contribution in [3.8, 4) is 0 Å². The Labute approximate surface area is 121 Å². The van der Waals surface area contributed by atoms with Gasteiger partial charge in [-0.3, -0.25) is 0 Å². The number of aryl methyl sites for hydroxylation is 1. The van der Waals surface area contributed by atoms with Gasteiger partial charge in [0.1, 0.15) is 5.82 Å². The van der Waals surface area contributed by atoms with Crippen molar-refractivity contribution in [2.24, 2.45) is 0 Å². The zero-order chi connectivity index (χ0) is 14.2. The number of rotatable bonds is 7. The number of likely N-dealkylation sites (N-methyl/N-ethyl adjacent to an activating group) is 1. The summed E-state index contributed by atoms with van der Waals surface area (Å²) in [7, 11) is 0. The number of nitrogens with two attached hydrogens (primary N) is 1. The van der Waals surface area contributed by atoms with E-state index in [4.69, 9.17) is 5.73 Å². The van der Waals surface area contributed by atoms with E-state index in [0.29, 0.717) is 11.9 Å². The van der Waals surface area contributed by atoms with Crippen LogP contribution in [0.2, 0.25) is 0 Å². The fourth-order valence-corrected chi connectivity index (χ4v) is 2.44. The lowest BCUT2D eigenvalue weighted by molar-refractivity contribution is 0.491. The number of nitrogens with zero attached hydrogens (tertiary/aromatic N) is 1. The smallest absolute Gasteiger partial charge is 0.126 e. The van der Waals surface area contributed by atoms with Crippen LogP contribution in [0.4, 0.5) is 5.82 Å². The van der Waals surface area contributed by atoms with Gasteiger partial charge in [0, 0.05) is 12.2 Å². The van der Waals surface area contributed by atoms with E-state index in [1.807, 2.05) is 6.07 Å². The molecule has 0 amide bonds. The molecule has 1 unspecified atom stereocenters. The maximum absolute atomic E-state index is 5.93. The van der Waals surface area contributed by atoms with Crippen molar-refractivity contribution in [1.82, 2.24) is 10.3 Å². The predicted molar refractivity (Wildman–Crippen MR) is 84.6 cm³/mol. The number of nitrogen functional groups attached to an aromatic ring is 1.